The minimum atomic E-state index is -2.35. The molecule has 1 unspecified atom stereocenters. The average Bonchev–Trinajstić information content (AvgIpc) is 2.67. The molecule has 1 nitrogen and oxygen atoms in total. The fourth-order valence-electron chi connectivity index (χ4n) is 4.25. The van der Waals surface area contributed by atoms with E-state index in [-0.39, 0.29) is 5.04 Å². The van der Waals surface area contributed by atoms with Crippen LogP contribution in [0.1, 0.15) is 60.8 Å². The Bertz CT molecular complexity index is 767. The number of rotatable bonds is 7. The van der Waals surface area contributed by atoms with Crippen LogP contribution in [0.2, 0.25) is 5.04 Å². The van der Waals surface area contributed by atoms with Gasteiger partial charge in [-0.15, -0.1) is 5.73 Å². The summed E-state index contributed by atoms with van der Waals surface area (Å²) < 4.78 is 0. The largest absolute Gasteiger partial charge is 0.388 e. The summed E-state index contributed by atoms with van der Waals surface area (Å²) >= 11 is 0. The van der Waals surface area contributed by atoms with Gasteiger partial charge in [-0.05, 0) is 52.9 Å². The molecule has 0 amide bonds. The van der Waals surface area contributed by atoms with E-state index in [4.69, 9.17) is 0 Å². The molecule has 1 N–H and O–H groups in total. The summed E-state index contributed by atoms with van der Waals surface area (Å²) in [6, 6.07) is 22.0. The molecule has 0 saturated carbocycles. The summed E-state index contributed by atoms with van der Waals surface area (Å²) in [7, 11) is -2.35. The van der Waals surface area contributed by atoms with E-state index in [2.05, 4.69) is 94.1 Å². The molecule has 0 bridgehead atoms. The van der Waals surface area contributed by atoms with Gasteiger partial charge in [0.2, 0.25) is 0 Å². The molecule has 150 valence electrons. The first-order chi connectivity index (χ1) is 13.2. The Morgan fingerprint density at radius 3 is 1.79 bits per heavy atom. The summed E-state index contributed by atoms with van der Waals surface area (Å²) in [5, 5.41) is 14.5. The van der Waals surface area contributed by atoms with Gasteiger partial charge in [-0.1, -0.05) is 94.8 Å². The Morgan fingerprint density at radius 1 is 0.964 bits per heavy atom. The normalized spacial score (nSPS) is 13.0. The Balaban J connectivity index is 2.99. The van der Waals surface area contributed by atoms with Crippen LogP contribution >= 0.6 is 0 Å². The molecule has 0 heterocycles. The Morgan fingerprint density at radius 2 is 1.43 bits per heavy atom. The third-order valence-electron chi connectivity index (χ3n) is 5.75. The van der Waals surface area contributed by atoms with Crippen LogP contribution in [0.25, 0.3) is 0 Å². The number of aliphatic hydroxyl groups is 1. The molecule has 2 aromatic carbocycles. The highest BCUT2D eigenvalue weighted by molar-refractivity contribution is 7.09. The van der Waals surface area contributed by atoms with Crippen LogP contribution in [0.15, 0.2) is 77.2 Å². The molecule has 2 aromatic rings. The molecule has 0 fully saturated rings. The molecule has 0 saturated heterocycles. The van der Waals surface area contributed by atoms with Gasteiger partial charge in [0.05, 0.1) is 6.10 Å². The van der Waals surface area contributed by atoms with Crippen molar-refractivity contribution in [1.82, 2.24) is 0 Å². The van der Waals surface area contributed by atoms with E-state index in [1.165, 1.54) is 15.6 Å². The van der Waals surface area contributed by atoms with Crippen molar-refractivity contribution in [3.05, 3.63) is 77.2 Å². The summed E-state index contributed by atoms with van der Waals surface area (Å²) in [6.45, 7) is 13.2. The van der Waals surface area contributed by atoms with Gasteiger partial charge in [-0.2, -0.15) is 0 Å². The van der Waals surface area contributed by atoms with E-state index in [1.54, 1.807) is 0 Å². The Kier molecular flexibility index (Phi) is 7.66. The van der Waals surface area contributed by atoms with Crippen molar-refractivity contribution in [2.75, 3.05) is 0 Å². The number of hydrogen-bond acceptors (Lipinski definition) is 1. The molecule has 0 aliphatic heterocycles. The van der Waals surface area contributed by atoms with Crippen molar-refractivity contribution in [3.8, 4) is 0 Å². The van der Waals surface area contributed by atoms with E-state index >= 15 is 0 Å². The summed E-state index contributed by atoms with van der Waals surface area (Å²) in [5.41, 5.74) is 4.67. The molecule has 2 rings (SSSR count). The van der Waals surface area contributed by atoms with Crippen LogP contribution in [-0.4, -0.2) is 19.3 Å². The Labute approximate surface area is 172 Å². The molecule has 0 aromatic heterocycles. The van der Waals surface area contributed by atoms with Gasteiger partial charge in [0.25, 0.3) is 0 Å². The highest BCUT2D eigenvalue weighted by atomic mass is 28.3. The highest BCUT2D eigenvalue weighted by Gasteiger charge is 2.50. The minimum Gasteiger partial charge on any atom is -0.388 e. The molecule has 0 aliphatic carbocycles. The predicted molar refractivity (Wildman–Crippen MR) is 125 cm³/mol. The molecule has 0 aliphatic rings. The van der Waals surface area contributed by atoms with Gasteiger partial charge >= 0.3 is 0 Å². The predicted octanol–water partition coefficient (Wildman–Crippen LogP) is 5.63. The zero-order valence-electron chi connectivity index (χ0n) is 18.4. The third kappa shape index (κ3) is 4.58. The molecular formula is C26H36OSi. The standard InChI is InChI=1S/C26H36OSi/c1-7-8-15-25(20-21(2)22(3)27)28(26(4,5)6,23-16-11-9-12-17-23)24-18-13-10-14-19-24/h9-14,16-19,22,27H,7-8,15H2,1-6H3. The maximum Gasteiger partial charge on any atom is 0.157 e. The molecule has 1 atom stereocenters. The zero-order chi connectivity index (χ0) is 20.8. The lowest BCUT2D eigenvalue weighted by atomic mass is 10.2. The van der Waals surface area contributed by atoms with Crippen LogP contribution in [0, 0.1) is 0 Å². The van der Waals surface area contributed by atoms with Gasteiger partial charge < -0.3 is 5.11 Å². The molecular weight excluding hydrogens is 356 g/mol. The second-order valence-corrected chi connectivity index (χ2v) is 13.6. The van der Waals surface area contributed by atoms with Crippen molar-refractivity contribution < 1.29 is 5.11 Å². The first-order valence-corrected chi connectivity index (χ1v) is 12.5. The van der Waals surface area contributed by atoms with Crippen molar-refractivity contribution in [2.24, 2.45) is 0 Å². The fraction of sp³-hybridized carbons (Fsp3) is 0.423. The van der Waals surface area contributed by atoms with E-state index in [1.807, 2.05) is 13.8 Å². The van der Waals surface area contributed by atoms with Crippen molar-refractivity contribution in [3.63, 3.8) is 0 Å². The number of benzene rings is 2. The maximum atomic E-state index is 10.2. The second kappa shape index (κ2) is 9.56. The highest BCUT2D eigenvalue weighted by Crippen LogP contribution is 2.41. The van der Waals surface area contributed by atoms with Crippen molar-refractivity contribution in [2.45, 2.75) is 71.9 Å². The maximum absolute atomic E-state index is 10.2. The van der Waals surface area contributed by atoms with Gasteiger partial charge in [0.15, 0.2) is 8.07 Å². The van der Waals surface area contributed by atoms with E-state index in [0.29, 0.717) is 0 Å². The minimum absolute atomic E-state index is 0.0603. The molecule has 2 heteroatoms. The Hall–Kier alpha value is -1.86. The van der Waals surface area contributed by atoms with Crippen molar-refractivity contribution >= 4 is 18.4 Å². The van der Waals surface area contributed by atoms with Crippen LogP contribution in [0.3, 0.4) is 0 Å². The van der Waals surface area contributed by atoms with E-state index in [0.717, 1.165) is 24.8 Å². The SMILES string of the molecule is CCCCC(=C=C(C)C(C)O)[Si](c1ccccc1)(c1ccccc1)C(C)(C)C. The lowest BCUT2D eigenvalue weighted by Gasteiger charge is -2.45. The van der Waals surface area contributed by atoms with Gasteiger partial charge in [0.1, 0.15) is 0 Å². The van der Waals surface area contributed by atoms with Crippen LogP contribution in [0.5, 0.6) is 0 Å². The molecule has 0 radical (unpaired) electrons. The van der Waals surface area contributed by atoms with Gasteiger partial charge in [-0.3, -0.25) is 0 Å². The first kappa shape index (κ1) is 22.4. The first-order valence-electron chi connectivity index (χ1n) is 10.5. The van der Waals surface area contributed by atoms with E-state index in [9.17, 15) is 5.11 Å². The lowest BCUT2D eigenvalue weighted by molar-refractivity contribution is 0.232. The van der Waals surface area contributed by atoms with Crippen LogP contribution in [0.4, 0.5) is 0 Å². The number of aliphatic hydroxyl groups excluding tert-OH is 1. The van der Waals surface area contributed by atoms with Crippen LogP contribution < -0.4 is 10.4 Å². The summed E-state index contributed by atoms with van der Waals surface area (Å²) in [4.78, 5) is 0. The quantitative estimate of drug-likeness (QED) is 0.478. The third-order valence-corrected chi connectivity index (χ3v) is 11.7. The lowest BCUT2D eigenvalue weighted by Crippen LogP contribution is -2.65. The summed E-state index contributed by atoms with van der Waals surface area (Å²) in [6.07, 6.45) is 2.83. The number of hydrogen-bond donors (Lipinski definition) is 1. The smallest absolute Gasteiger partial charge is 0.157 e. The second-order valence-electron chi connectivity index (χ2n) is 8.80. The summed E-state index contributed by atoms with van der Waals surface area (Å²) in [5.74, 6) is 0. The van der Waals surface area contributed by atoms with E-state index < -0.39 is 14.2 Å². The topological polar surface area (TPSA) is 20.2 Å². The number of unbranched alkanes of at least 4 members (excludes halogenated alkanes) is 1. The fourth-order valence-corrected chi connectivity index (χ4v) is 10.2. The van der Waals surface area contributed by atoms with Crippen molar-refractivity contribution in [1.29, 1.82) is 0 Å². The average molecular weight is 393 g/mol. The molecule has 28 heavy (non-hydrogen) atoms. The van der Waals surface area contributed by atoms with Crippen LogP contribution in [-0.2, 0) is 0 Å². The molecule has 0 spiro atoms. The zero-order valence-corrected chi connectivity index (χ0v) is 19.4. The van der Waals surface area contributed by atoms with Gasteiger partial charge in [-0.25, -0.2) is 0 Å². The monoisotopic (exact) mass is 392 g/mol. The van der Waals surface area contributed by atoms with Gasteiger partial charge in [0, 0.05) is 0 Å².